The predicted octanol–water partition coefficient (Wildman–Crippen LogP) is -5.38. The fourth-order valence-corrected chi connectivity index (χ4v) is 0.684. The Hall–Kier alpha value is 0.200. The van der Waals surface area contributed by atoms with Crippen molar-refractivity contribution in [1.29, 1.82) is 0 Å². The smallest absolute Gasteiger partial charge is 2.00 e. The van der Waals surface area contributed by atoms with Crippen molar-refractivity contribution < 1.29 is 98.7 Å². The molecule has 0 spiro atoms. The Morgan fingerprint density at radius 3 is 1.24 bits per heavy atom. The first-order valence-corrected chi connectivity index (χ1v) is 3.11. The molecule has 0 heterocycles. The second kappa shape index (κ2) is 12.7. The van der Waals surface area contributed by atoms with Crippen molar-refractivity contribution in [3.05, 3.63) is 0 Å². The topological polar surface area (TPSA) is 169 Å². The summed E-state index contributed by atoms with van der Waals surface area (Å²) in [6, 6.07) is 0. The van der Waals surface area contributed by atoms with E-state index in [0.29, 0.717) is 0 Å². The Kier molecular flexibility index (Phi) is 22.6. The van der Waals surface area contributed by atoms with Crippen LogP contribution in [0.2, 0.25) is 0 Å². The number of carbonyl (C=O) groups excluding carboxylic acids is 3. The van der Waals surface area contributed by atoms with Crippen LogP contribution in [0.4, 0.5) is 0 Å². The van der Waals surface area contributed by atoms with Crippen molar-refractivity contribution in [2.45, 2.75) is 18.4 Å². The molecule has 0 saturated heterocycles. The zero-order valence-corrected chi connectivity index (χ0v) is 17.7. The van der Waals surface area contributed by atoms with Crippen molar-refractivity contribution in [1.82, 2.24) is 0 Å². The summed E-state index contributed by atoms with van der Waals surface area (Å²) >= 11 is 0. The second-order valence-corrected chi connectivity index (χ2v) is 2.42. The molecule has 0 bridgehead atoms. The Morgan fingerprint density at radius 2 is 1.12 bits per heavy atom. The van der Waals surface area contributed by atoms with Crippen molar-refractivity contribution >= 4 is 17.9 Å². The fraction of sp³-hybridized carbons (Fsp3) is 0.500. The number of aliphatic carboxylic acids is 3. The largest absolute Gasteiger partial charge is 2.00 e. The number of rotatable bonds is 5. The van der Waals surface area contributed by atoms with E-state index in [1.807, 2.05) is 0 Å². The number of aliphatic hydroxyl groups is 1. The first-order valence-electron chi connectivity index (χ1n) is 3.11. The SMILES string of the molecule is O=C([O-])CC(O)(CC(=O)[O-])C(=O)[O-].[O-2].[Zn+2].[Zn+2].[Zn+2]. The number of carbonyl (C=O) groups is 3. The molecule has 0 unspecified atom stereocenters. The molecule has 0 aromatic heterocycles. The van der Waals surface area contributed by atoms with Crippen LogP contribution in [0.1, 0.15) is 12.8 Å². The maximum atomic E-state index is 10.1. The van der Waals surface area contributed by atoms with Crippen LogP contribution in [0.15, 0.2) is 0 Å². The van der Waals surface area contributed by atoms with Gasteiger partial charge in [0.15, 0.2) is 0 Å². The van der Waals surface area contributed by atoms with Crippen molar-refractivity contribution in [3.8, 4) is 0 Å². The quantitative estimate of drug-likeness (QED) is 0.448. The van der Waals surface area contributed by atoms with Crippen LogP contribution in [0, 0.1) is 0 Å². The Balaban J connectivity index is -0.000000120. The van der Waals surface area contributed by atoms with Gasteiger partial charge in [0, 0.05) is 24.8 Å². The first kappa shape index (κ1) is 30.3. The van der Waals surface area contributed by atoms with E-state index >= 15 is 0 Å². The van der Waals surface area contributed by atoms with Gasteiger partial charge in [-0.2, -0.15) is 0 Å². The third-order valence-electron chi connectivity index (χ3n) is 1.25. The summed E-state index contributed by atoms with van der Waals surface area (Å²) in [5.74, 6) is -5.98. The molecule has 0 aliphatic rings. The van der Waals surface area contributed by atoms with Gasteiger partial charge in [0.25, 0.3) is 0 Å². The third-order valence-corrected chi connectivity index (χ3v) is 1.25. The molecular weight excluding hydrogens is 396 g/mol. The molecule has 0 atom stereocenters. The van der Waals surface area contributed by atoms with E-state index in [-0.39, 0.29) is 63.9 Å². The number of carboxylic acids is 3. The van der Waals surface area contributed by atoms with Gasteiger partial charge in [-0.15, -0.1) is 0 Å². The zero-order valence-electron chi connectivity index (χ0n) is 8.84. The minimum absolute atomic E-state index is 0. The van der Waals surface area contributed by atoms with Gasteiger partial charge in [0.05, 0.1) is 5.97 Å². The summed E-state index contributed by atoms with van der Waals surface area (Å²) in [6.45, 7) is 0. The normalized spacial score (nSPS) is 8.29. The second-order valence-electron chi connectivity index (χ2n) is 2.42. The fourth-order valence-electron chi connectivity index (χ4n) is 0.684. The minimum Gasteiger partial charge on any atom is -2.00 e. The molecule has 0 aromatic rings. The van der Waals surface area contributed by atoms with Gasteiger partial charge in [-0.3, -0.25) is 0 Å². The van der Waals surface area contributed by atoms with E-state index in [1.54, 1.807) is 0 Å². The Bertz CT molecular complexity index is 240. The summed E-state index contributed by atoms with van der Waals surface area (Å²) in [4.78, 5) is 30.0. The summed E-state index contributed by atoms with van der Waals surface area (Å²) < 4.78 is 0. The summed E-state index contributed by atoms with van der Waals surface area (Å²) in [5, 5.41) is 38.9. The third kappa shape index (κ3) is 12.4. The number of carboxylic acid groups (broad SMARTS) is 3. The van der Waals surface area contributed by atoms with E-state index in [2.05, 4.69) is 0 Å². The van der Waals surface area contributed by atoms with Crippen molar-refractivity contribution in [2.24, 2.45) is 0 Å². The van der Waals surface area contributed by atoms with Crippen LogP contribution < -0.4 is 15.3 Å². The van der Waals surface area contributed by atoms with Gasteiger partial charge in [0.2, 0.25) is 0 Å². The molecule has 0 aliphatic carbocycles. The van der Waals surface area contributed by atoms with E-state index in [1.165, 1.54) is 0 Å². The van der Waals surface area contributed by atoms with Crippen LogP contribution in [0.25, 0.3) is 0 Å². The molecule has 0 rings (SSSR count). The van der Waals surface area contributed by atoms with E-state index in [0.717, 1.165) is 0 Å². The first-order chi connectivity index (χ1) is 5.78. The van der Waals surface area contributed by atoms with Gasteiger partial charge in [-0.05, 0) is 0 Å². The van der Waals surface area contributed by atoms with Gasteiger partial charge >= 0.3 is 58.4 Å². The molecule has 0 aromatic carbocycles. The Labute approximate surface area is 134 Å². The van der Waals surface area contributed by atoms with Crippen LogP contribution in [0.3, 0.4) is 0 Å². The van der Waals surface area contributed by atoms with Gasteiger partial charge in [-0.1, -0.05) is 0 Å². The van der Waals surface area contributed by atoms with Crippen LogP contribution in [-0.2, 0) is 78.3 Å². The van der Waals surface area contributed by atoms with E-state index < -0.39 is 36.4 Å². The number of hydrogen-bond donors (Lipinski definition) is 1. The van der Waals surface area contributed by atoms with Gasteiger partial charge in [0.1, 0.15) is 5.60 Å². The monoisotopic (exact) mass is 397 g/mol. The molecule has 17 heavy (non-hydrogen) atoms. The molecule has 0 radical (unpaired) electrons. The zero-order chi connectivity index (χ0) is 10.6. The van der Waals surface area contributed by atoms with Crippen molar-refractivity contribution in [2.75, 3.05) is 0 Å². The summed E-state index contributed by atoms with van der Waals surface area (Å²) in [6.07, 6.45) is -2.72. The molecule has 0 amide bonds. The Morgan fingerprint density at radius 1 is 0.882 bits per heavy atom. The molecule has 82 valence electrons. The molecule has 0 saturated carbocycles. The molecule has 0 aliphatic heterocycles. The minimum atomic E-state index is -2.97. The van der Waals surface area contributed by atoms with Crippen LogP contribution in [0.5, 0.6) is 0 Å². The predicted molar refractivity (Wildman–Crippen MR) is 29.9 cm³/mol. The van der Waals surface area contributed by atoms with E-state index in [4.69, 9.17) is 5.11 Å². The van der Waals surface area contributed by atoms with Crippen LogP contribution >= 0.6 is 0 Å². The maximum absolute atomic E-state index is 10.1. The maximum Gasteiger partial charge on any atom is 2.00 e. The number of hydrogen-bond acceptors (Lipinski definition) is 7. The molecule has 0 fully saturated rings. The van der Waals surface area contributed by atoms with E-state index in [9.17, 15) is 29.7 Å². The summed E-state index contributed by atoms with van der Waals surface area (Å²) in [7, 11) is 0. The average Bonchev–Trinajstić information content (AvgIpc) is 1.82. The van der Waals surface area contributed by atoms with Gasteiger partial charge in [-0.25, -0.2) is 0 Å². The molecular formula is C6H5O8Zn3+. The molecule has 11 heteroatoms. The molecule has 8 nitrogen and oxygen atoms in total. The van der Waals surface area contributed by atoms with Crippen molar-refractivity contribution in [3.63, 3.8) is 0 Å². The van der Waals surface area contributed by atoms with Crippen LogP contribution in [-0.4, -0.2) is 28.6 Å². The van der Waals surface area contributed by atoms with Gasteiger partial charge < -0.3 is 40.3 Å². The summed E-state index contributed by atoms with van der Waals surface area (Å²) in [5.41, 5.74) is -2.97. The average molecular weight is 401 g/mol. The molecule has 1 N–H and O–H groups in total. The standard InChI is InChI=1S/C6H8O7.O.3Zn/c7-3(8)1-6(13,5(11)12)2-4(9)10;;;;/h13H,1-2H2,(H,7,8)(H,9,10)(H,11,12);;;;/q;-2;3*+2/p-3.